The van der Waals surface area contributed by atoms with Crippen LogP contribution in [-0.4, -0.2) is 43.3 Å². The highest BCUT2D eigenvalue weighted by atomic mass is 31.2. The van der Waals surface area contributed by atoms with E-state index in [0.717, 1.165) is 51.4 Å². The second-order valence-corrected chi connectivity index (χ2v) is 14.3. The molecule has 0 rings (SSSR count). The predicted molar refractivity (Wildman–Crippen MR) is 219 cm³/mol. The van der Waals surface area contributed by atoms with Crippen molar-refractivity contribution in [3.8, 4) is 0 Å². The van der Waals surface area contributed by atoms with Crippen LogP contribution in [-0.2, 0) is 27.9 Å². The van der Waals surface area contributed by atoms with Crippen LogP contribution in [0.25, 0.3) is 0 Å². The van der Waals surface area contributed by atoms with Crippen molar-refractivity contribution >= 4 is 13.8 Å². The lowest BCUT2D eigenvalue weighted by Crippen LogP contribution is -2.27. The van der Waals surface area contributed by atoms with Gasteiger partial charge in [-0.05, 0) is 63.9 Å². The van der Waals surface area contributed by atoms with Crippen LogP contribution < -0.4 is 5.73 Å². The zero-order valence-corrected chi connectivity index (χ0v) is 33.7. The molecule has 0 aliphatic carbocycles. The monoisotopic (exact) mass is 748 g/mol. The highest BCUT2D eigenvalue weighted by molar-refractivity contribution is 7.47. The van der Waals surface area contributed by atoms with Crippen LogP contribution in [0.3, 0.4) is 0 Å². The highest BCUT2D eigenvalue weighted by Crippen LogP contribution is 2.43. The van der Waals surface area contributed by atoms with Crippen molar-refractivity contribution in [1.82, 2.24) is 0 Å². The maximum Gasteiger partial charge on any atom is 0.472 e. The lowest BCUT2D eigenvalue weighted by atomic mass is 10.0. The Labute approximate surface area is 318 Å². The number of unbranched alkanes of at least 4 members (excludes halogenated alkanes) is 12. The minimum absolute atomic E-state index is 0.00250. The van der Waals surface area contributed by atoms with Gasteiger partial charge in [-0.25, -0.2) is 4.57 Å². The van der Waals surface area contributed by atoms with Gasteiger partial charge < -0.3 is 20.1 Å². The fourth-order valence-electron chi connectivity index (χ4n) is 4.99. The van der Waals surface area contributed by atoms with Crippen LogP contribution >= 0.6 is 7.82 Å². The zero-order valence-electron chi connectivity index (χ0n) is 32.8. The normalized spacial score (nSPS) is 14.4. The molecule has 0 aromatic carbocycles. The number of nitrogens with two attached hydrogens (primary N) is 1. The standard InChI is InChI=1S/C43H74NO7P/c1-3-5-7-9-11-13-15-17-19-20-21-22-23-24-26-28-30-32-34-36-43(45)51-42(41-50-52(46,47)49-39-37-44)40-48-38-35-33-31-29-27-25-18-16-14-12-10-8-6-4-2/h5,7,11,13,17,19,21-22,24,26,30,32,35,38,42H,3-4,6,8-10,12,14-16,18,20,23,25,27-29,31,33-34,36-37,39-41,44H2,1-2H3,(H,46,47)/b7-5-,13-11-,19-17-,22-21-,26-24-,32-30-,38-35+. The summed E-state index contributed by atoms with van der Waals surface area (Å²) < 4.78 is 33.0. The van der Waals surface area contributed by atoms with E-state index in [9.17, 15) is 14.3 Å². The van der Waals surface area contributed by atoms with E-state index < -0.39 is 19.9 Å². The van der Waals surface area contributed by atoms with Crippen molar-refractivity contribution in [3.05, 3.63) is 85.3 Å². The van der Waals surface area contributed by atoms with Crippen LogP contribution in [0.5, 0.6) is 0 Å². The van der Waals surface area contributed by atoms with Gasteiger partial charge in [-0.2, -0.15) is 0 Å². The van der Waals surface area contributed by atoms with Crippen LogP contribution in [0.4, 0.5) is 0 Å². The predicted octanol–water partition coefficient (Wildman–Crippen LogP) is 12.1. The largest absolute Gasteiger partial charge is 0.498 e. The lowest BCUT2D eigenvalue weighted by molar-refractivity contribution is -0.153. The summed E-state index contributed by atoms with van der Waals surface area (Å²) in [6, 6.07) is 0. The smallest absolute Gasteiger partial charge is 0.472 e. The van der Waals surface area contributed by atoms with Crippen LogP contribution in [0.15, 0.2) is 85.3 Å². The molecule has 52 heavy (non-hydrogen) atoms. The Morgan fingerprint density at radius 3 is 1.60 bits per heavy atom. The van der Waals surface area contributed by atoms with Gasteiger partial charge in [0.1, 0.15) is 6.61 Å². The number of esters is 1. The highest BCUT2D eigenvalue weighted by Gasteiger charge is 2.25. The molecule has 2 atom stereocenters. The number of allylic oxidation sites excluding steroid dienone is 13. The quantitative estimate of drug-likeness (QED) is 0.0212. The van der Waals surface area contributed by atoms with Gasteiger partial charge in [0.2, 0.25) is 0 Å². The molecule has 0 amide bonds. The molecule has 0 aliphatic heterocycles. The molecule has 0 fully saturated rings. The molecule has 298 valence electrons. The van der Waals surface area contributed by atoms with Gasteiger partial charge in [0, 0.05) is 13.0 Å². The van der Waals surface area contributed by atoms with Crippen LogP contribution in [0.1, 0.15) is 149 Å². The fourth-order valence-corrected chi connectivity index (χ4v) is 5.75. The van der Waals surface area contributed by atoms with E-state index in [0.29, 0.717) is 6.42 Å². The van der Waals surface area contributed by atoms with E-state index in [1.807, 2.05) is 18.2 Å². The molecule has 0 spiro atoms. The van der Waals surface area contributed by atoms with Crippen molar-refractivity contribution in [2.24, 2.45) is 5.73 Å². The number of carbonyl (C=O) groups excluding carboxylic acids is 1. The first kappa shape index (κ1) is 49.5. The number of hydrogen-bond donors (Lipinski definition) is 2. The molecule has 3 N–H and O–H groups in total. The van der Waals surface area contributed by atoms with Gasteiger partial charge in [0.05, 0.1) is 19.5 Å². The average molecular weight is 748 g/mol. The molecular formula is C43H74NO7P. The molecule has 0 bridgehead atoms. The second kappa shape index (κ2) is 39.7. The molecule has 0 saturated heterocycles. The van der Waals surface area contributed by atoms with E-state index in [1.165, 1.54) is 70.6 Å². The first-order valence-corrected chi connectivity index (χ1v) is 21.6. The third-order valence-electron chi connectivity index (χ3n) is 7.90. The average Bonchev–Trinajstić information content (AvgIpc) is 3.13. The summed E-state index contributed by atoms with van der Waals surface area (Å²) in [5.41, 5.74) is 5.35. The SMILES string of the molecule is CC/C=C\C/C=C\C/C=C\C/C=C\C/C=C\C/C=C\CCC(=O)OC(CO/C=C/CCCCCCCCCCCCCC)COP(=O)(O)OCCN. The van der Waals surface area contributed by atoms with Crippen molar-refractivity contribution < 1.29 is 32.8 Å². The zero-order chi connectivity index (χ0) is 38.1. The van der Waals surface area contributed by atoms with E-state index >= 15 is 0 Å². The van der Waals surface area contributed by atoms with Crippen molar-refractivity contribution in [2.45, 2.75) is 155 Å². The molecular weight excluding hydrogens is 673 g/mol. The van der Waals surface area contributed by atoms with Gasteiger partial charge in [-0.15, -0.1) is 0 Å². The maximum absolute atomic E-state index is 12.5. The van der Waals surface area contributed by atoms with Gasteiger partial charge >= 0.3 is 13.8 Å². The molecule has 0 aromatic heterocycles. The minimum atomic E-state index is -4.31. The summed E-state index contributed by atoms with van der Waals surface area (Å²) in [5.74, 6) is -0.437. The number of carbonyl (C=O) groups is 1. The van der Waals surface area contributed by atoms with Crippen molar-refractivity contribution in [1.29, 1.82) is 0 Å². The summed E-state index contributed by atoms with van der Waals surface area (Å²) in [4.78, 5) is 22.4. The Morgan fingerprint density at radius 1 is 0.615 bits per heavy atom. The molecule has 0 saturated carbocycles. The summed E-state index contributed by atoms with van der Waals surface area (Å²) >= 11 is 0. The van der Waals surface area contributed by atoms with Crippen molar-refractivity contribution in [2.75, 3.05) is 26.4 Å². The van der Waals surface area contributed by atoms with E-state index in [-0.39, 0.29) is 32.8 Å². The third kappa shape index (κ3) is 38.7. The molecule has 0 aliphatic rings. The Morgan fingerprint density at radius 2 is 1.10 bits per heavy atom. The summed E-state index contributed by atoms with van der Waals surface area (Å²) in [7, 11) is -4.31. The Hall–Kier alpha value is -2.48. The molecule has 0 heterocycles. The second-order valence-electron chi connectivity index (χ2n) is 12.8. The van der Waals surface area contributed by atoms with Gasteiger partial charge in [0.15, 0.2) is 6.10 Å². The maximum atomic E-state index is 12.5. The number of ether oxygens (including phenoxy) is 2. The van der Waals surface area contributed by atoms with Gasteiger partial charge in [0.25, 0.3) is 0 Å². The molecule has 0 radical (unpaired) electrons. The number of rotatable bonds is 37. The summed E-state index contributed by atoms with van der Waals surface area (Å²) in [5, 5.41) is 0. The molecule has 8 nitrogen and oxygen atoms in total. The first-order chi connectivity index (χ1) is 25.4. The van der Waals surface area contributed by atoms with E-state index in [2.05, 4.69) is 74.6 Å². The Bertz CT molecular complexity index is 1060. The van der Waals surface area contributed by atoms with Gasteiger partial charge in [-0.1, -0.05) is 157 Å². The van der Waals surface area contributed by atoms with Gasteiger partial charge in [-0.3, -0.25) is 13.8 Å². The summed E-state index contributed by atoms with van der Waals surface area (Å²) in [6.45, 7) is 4.02. The lowest BCUT2D eigenvalue weighted by Gasteiger charge is -2.19. The molecule has 0 aromatic rings. The Balaban J connectivity index is 4.28. The molecule has 9 heteroatoms. The number of phosphoric ester groups is 1. The van der Waals surface area contributed by atoms with E-state index in [4.69, 9.17) is 24.3 Å². The van der Waals surface area contributed by atoms with Crippen LogP contribution in [0, 0.1) is 0 Å². The number of phosphoric acid groups is 1. The van der Waals surface area contributed by atoms with Crippen LogP contribution in [0.2, 0.25) is 0 Å². The topological polar surface area (TPSA) is 117 Å². The third-order valence-corrected chi connectivity index (χ3v) is 8.89. The number of hydrogen-bond acceptors (Lipinski definition) is 7. The van der Waals surface area contributed by atoms with E-state index in [1.54, 1.807) is 6.26 Å². The summed E-state index contributed by atoms with van der Waals surface area (Å²) in [6.07, 6.45) is 51.3. The first-order valence-electron chi connectivity index (χ1n) is 20.1. The fraction of sp³-hybridized carbons (Fsp3) is 0.651. The Kier molecular flexibility index (Phi) is 37.8. The van der Waals surface area contributed by atoms with Crippen molar-refractivity contribution in [3.63, 3.8) is 0 Å². The minimum Gasteiger partial charge on any atom is -0.498 e. The molecule has 2 unspecified atom stereocenters.